The predicted octanol–water partition coefficient (Wildman–Crippen LogP) is 3.32. The summed E-state index contributed by atoms with van der Waals surface area (Å²) in [5.74, 6) is -0.546. The Morgan fingerprint density at radius 2 is 1.67 bits per heavy atom. The molecule has 1 heterocycles. The topological polar surface area (TPSA) is 109 Å². The maximum absolute atomic E-state index is 13.0. The second kappa shape index (κ2) is 13.9. The summed E-state index contributed by atoms with van der Waals surface area (Å²) in [5, 5.41) is 8.26. The van der Waals surface area contributed by atoms with Gasteiger partial charge in [-0.1, -0.05) is 63.6 Å². The standard InChI is InChI=1S/C25H34N4O4/c1-4-10-21(23(30)27-16-20-13-8-9-14-26-20)28-24(31)22(15-18(2)3)29-25(32)33-17-19-11-6-5-7-12-19/h5-9,11-14,18,21-22H,4,10,15-17H2,1-3H3,(H,27,30)(H,28,31)(H,29,32). The fraction of sp³-hybridized carbons (Fsp3) is 0.440. The minimum Gasteiger partial charge on any atom is -0.445 e. The predicted molar refractivity (Wildman–Crippen MR) is 126 cm³/mol. The molecule has 0 radical (unpaired) electrons. The van der Waals surface area contributed by atoms with E-state index in [-0.39, 0.29) is 25.0 Å². The van der Waals surface area contributed by atoms with E-state index in [1.165, 1.54) is 0 Å². The third-order valence-corrected chi connectivity index (χ3v) is 4.91. The number of pyridine rings is 1. The van der Waals surface area contributed by atoms with Crippen molar-refractivity contribution in [3.05, 3.63) is 66.0 Å². The van der Waals surface area contributed by atoms with Crippen molar-refractivity contribution in [1.29, 1.82) is 0 Å². The molecule has 0 aliphatic carbocycles. The van der Waals surface area contributed by atoms with Crippen molar-refractivity contribution in [2.45, 2.75) is 65.3 Å². The second-order valence-corrected chi connectivity index (χ2v) is 8.28. The third kappa shape index (κ3) is 9.72. The van der Waals surface area contributed by atoms with E-state index < -0.39 is 24.1 Å². The van der Waals surface area contributed by atoms with Gasteiger partial charge in [0.2, 0.25) is 11.8 Å². The fourth-order valence-electron chi connectivity index (χ4n) is 3.24. The van der Waals surface area contributed by atoms with Crippen molar-refractivity contribution in [2.24, 2.45) is 5.92 Å². The molecule has 0 saturated carbocycles. The Kier molecular flexibility index (Phi) is 10.9. The minimum absolute atomic E-state index is 0.108. The highest BCUT2D eigenvalue weighted by Crippen LogP contribution is 2.08. The van der Waals surface area contributed by atoms with Crippen molar-refractivity contribution >= 4 is 17.9 Å². The van der Waals surface area contributed by atoms with E-state index in [4.69, 9.17) is 4.74 Å². The van der Waals surface area contributed by atoms with Crippen LogP contribution < -0.4 is 16.0 Å². The molecule has 8 nitrogen and oxygen atoms in total. The molecule has 3 N–H and O–H groups in total. The molecule has 1 aromatic carbocycles. The highest BCUT2D eigenvalue weighted by Gasteiger charge is 2.27. The Morgan fingerprint density at radius 3 is 2.30 bits per heavy atom. The molecule has 33 heavy (non-hydrogen) atoms. The number of nitrogens with zero attached hydrogens (tertiary/aromatic N) is 1. The van der Waals surface area contributed by atoms with E-state index in [0.717, 1.165) is 11.3 Å². The summed E-state index contributed by atoms with van der Waals surface area (Å²) in [6, 6.07) is 13.3. The van der Waals surface area contributed by atoms with Gasteiger partial charge in [-0.2, -0.15) is 0 Å². The van der Waals surface area contributed by atoms with Crippen molar-refractivity contribution in [3.8, 4) is 0 Å². The first kappa shape index (κ1) is 25.8. The summed E-state index contributed by atoms with van der Waals surface area (Å²) in [6.45, 7) is 6.24. The molecule has 178 valence electrons. The molecule has 2 aromatic rings. The van der Waals surface area contributed by atoms with Gasteiger partial charge < -0.3 is 20.7 Å². The molecule has 8 heteroatoms. The Labute approximate surface area is 195 Å². The van der Waals surface area contributed by atoms with Gasteiger partial charge in [-0.25, -0.2) is 4.79 Å². The first-order valence-corrected chi connectivity index (χ1v) is 11.3. The fourth-order valence-corrected chi connectivity index (χ4v) is 3.24. The average molecular weight is 455 g/mol. The molecule has 2 unspecified atom stereocenters. The summed E-state index contributed by atoms with van der Waals surface area (Å²) in [7, 11) is 0. The Balaban J connectivity index is 1.94. The van der Waals surface area contributed by atoms with E-state index in [1.54, 1.807) is 12.3 Å². The van der Waals surface area contributed by atoms with Gasteiger partial charge in [-0.05, 0) is 36.5 Å². The zero-order chi connectivity index (χ0) is 24.1. The van der Waals surface area contributed by atoms with E-state index in [1.807, 2.05) is 63.2 Å². The number of amides is 3. The number of aromatic nitrogens is 1. The van der Waals surface area contributed by atoms with Crippen LogP contribution in [0.1, 0.15) is 51.3 Å². The van der Waals surface area contributed by atoms with Gasteiger partial charge in [0.15, 0.2) is 0 Å². The summed E-state index contributed by atoms with van der Waals surface area (Å²) < 4.78 is 5.26. The van der Waals surface area contributed by atoms with Crippen molar-refractivity contribution < 1.29 is 19.1 Å². The SMILES string of the molecule is CCCC(NC(=O)C(CC(C)C)NC(=O)OCc1ccccc1)C(=O)NCc1ccccn1. The van der Waals surface area contributed by atoms with Crippen LogP contribution in [-0.4, -0.2) is 35.0 Å². The van der Waals surface area contributed by atoms with Crippen molar-refractivity contribution in [1.82, 2.24) is 20.9 Å². The monoisotopic (exact) mass is 454 g/mol. The normalized spacial score (nSPS) is 12.5. The van der Waals surface area contributed by atoms with Gasteiger partial charge in [0.1, 0.15) is 18.7 Å². The van der Waals surface area contributed by atoms with Crippen LogP contribution in [0, 0.1) is 5.92 Å². The number of hydrogen-bond acceptors (Lipinski definition) is 5. The highest BCUT2D eigenvalue weighted by atomic mass is 16.5. The van der Waals surface area contributed by atoms with Gasteiger partial charge in [0.05, 0.1) is 12.2 Å². The van der Waals surface area contributed by atoms with Crippen molar-refractivity contribution in [3.63, 3.8) is 0 Å². The number of nitrogens with one attached hydrogen (secondary N) is 3. The van der Waals surface area contributed by atoms with Crippen LogP contribution in [0.15, 0.2) is 54.7 Å². The van der Waals surface area contributed by atoms with Crippen LogP contribution in [0.25, 0.3) is 0 Å². The van der Waals surface area contributed by atoms with Crippen LogP contribution >= 0.6 is 0 Å². The lowest BCUT2D eigenvalue weighted by Gasteiger charge is -2.24. The molecule has 0 spiro atoms. The van der Waals surface area contributed by atoms with E-state index in [9.17, 15) is 14.4 Å². The second-order valence-electron chi connectivity index (χ2n) is 8.28. The number of alkyl carbamates (subject to hydrolysis) is 1. The number of carbonyl (C=O) groups is 3. The summed E-state index contributed by atoms with van der Waals surface area (Å²) in [6.07, 6.45) is 2.59. The molecule has 2 atom stereocenters. The molecule has 1 aromatic heterocycles. The maximum atomic E-state index is 13.0. The van der Waals surface area contributed by atoms with Crippen molar-refractivity contribution in [2.75, 3.05) is 0 Å². The van der Waals surface area contributed by atoms with E-state index >= 15 is 0 Å². The van der Waals surface area contributed by atoms with Gasteiger partial charge in [0, 0.05) is 6.20 Å². The van der Waals surface area contributed by atoms with E-state index in [0.29, 0.717) is 19.3 Å². The highest BCUT2D eigenvalue weighted by molar-refractivity contribution is 5.91. The molecule has 0 aliphatic heterocycles. The first-order valence-electron chi connectivity index (χ1n) is 11.3. The molecule has 0 aliphatic rings. The van der Waals surface area contributed by atoms with E-state index in [2.05, 4.69) is 20.9 Å². The third-order valence-electron chi connectivity index (χ3n) is 4.91. The summed E-state index contributed by atoms with van der Waals surface area (Å²) in [5.41, 5.74) is 1.58. The number of hydrogen-bond donors (Lipinski definition) is 3. The van der Waals surface area contributed by atoms with Crippen LogP contribution in [-0.2, 0) is 27.5 Å². The van der Waals surface area contributed by atoms with Crippen LogP contribution in [0.4, 0.5) is 4.79 Å². The Bertz CT molecular complexity index is 874. The molecule has 0 bridgehead atoms. The molecule has 0 fully saturated rings. The van der Waals surface area contributed by atoms with Gasteiger partial charge in [0.25, 0.3) is 0 Å². The lowest BCUT2D eigenvalue weighted by molar-refractivity contribution is -0.130. The van der Waals surface area contributed by atoms with Crippen LogP contribution in [0.2, 0.25) is 0 Å². The summed E-state index contributed by atoms with van der Waals surface area (Å²) in [4.78, 5) is 42.2. The maximum Gasteiger partial charge on any atom is 0.408 e. The first-order chi connectivity index (χ1) is 15.9. The Hall–Kier alpha value is -3.42. The zero-order valence-corrected chi connectivity index (χ0v) is 19.5. The van der Waals surface area contributed by atoms with Crippen LogP contribution in [0.5, 0.6) is 0 Å². The molecular weight excluding hydrogens is 420 g/mol. The van der Waals surface area contributed by atoms with Gasteiger partial charge in [-0.3, -0.25) is 14.6 Å². The average Bonchev–Trinajstić information content (AvgIpc) is 2.81. The van der Waals surface area contributed by atoms with Crippen LogP contribution in [0.3, 0.4) is 0 Å². The number of benzene rings is 1. The number of ether oxygens (including phenoxy) is 1. The number of rotatable bonds is 12. The molecule has 0 saturated heterocycles. The molecular formula is C25H34N4O4. The lowest BCUT2D eigenvalue weighted by atomic mass is 10.0. The quantitative estimate of drug-likeness (QED) is 0.456. The zero-order valence-electron chi connectivity index (χ0n) is 19.5. The number of carbonyl (C=O) groups excluding carboxylic acids is 3. The van der Waals surface area contributed by atoms with Gasteiger partial charge >= 0.3 is 6.09 Å². The minimum atomic E-state index is -0.809. The molecule has 3 amide bonds. The lowest BCUT2D eigenvalue weighted by Crippen LogP contribution is -2.54. The Morgan fingerprint density at radius 1 is 0.939 bits per heavy atom. The summed E-state index contributed by atoms with van der Waals surface area (Å²) >= 11 is 0. The largest absolute Gasteiger partial charge is 0.445 e. The van der Waals surface area contributed by atoms with Gasteiger partial charge in [-0.15, -0.1) is 0 Å². The smallest absolute Gasteiger partial charge is 0.408 e. The molecule has 2 rings (SSSR count).